The average molecular weight is 383 g/mol. The van der Waals surface area contributed by atoms with Crippen LogP contribution in [0.4, 0.5) is 0 Å². The van der Waals surface area contributed by atoms with Crippen molar-refractivity contribution in [2.24, 2.45) is 0 Å². The molecule has 1 aromatic carbocycles. The van der Waals surface area contributed by atoms with Gasteiger partial charge in [0.15, 0.2) is 0 Å². The first-order valence-corrected chi connectivity index (χ1v) is 10.1. The number of likely N-dealkylation sites (N-methyl/N-ethyl adjacent to an activating group) is 1. The topological polar surface area (TPSA) is 50.7 Å². The number of ether oxygens (including phenoxy) is 2. The third-order valence-corrected chi connectivity index (χ3v) is 5.90. The van der Waals surface area contributed by atoms with Crippen LogP contribution in [-0.2, 0) is 19.5 Å². The van der Waals surface area contributed by atoms with Crippen LogP contribution in [0.1, 0.15) is 41.4 Å². The van der Waals surface area contributed by atoms with Crippen molar-refractivity contribution in [3.8, 4) is 11.5 Å². The second-order valence-electron chi connectivity index (χ2n) is 7.94. The van der Waals surface area contributed by atoms with Crippen LogP contribution in [0.5, 0.6) is 11.5 Å². The Morgan fingerprint density at radius 1 is 1.18 bits per heavy atom. The zero-order chi connectivity index (χ0) is 19.5. The van der Waals surface area contributed by atoms with Gasteiger partial charge >= 0.3 is 0 Å². The number of methoxy groups -OCH3 is 2. The number of hydrogen-bond acceptors (Lipinski definition) is 6. The van der Waals surface area contributed by atoms with E-state index >= 15 is 0 Å². The Hall–Kier alpha value is -2.18. The van der Waals surface area contributed by atoms with Crippen molar-refractivity contribution in [3.05, 3.63) is 47.0 Å². The number of hydrogen-bond donors (Lipinski definition) is 0. The minimum atomic E-state index is 0.406. The van der Waals surface area contributed by atoms with Gasteiger partial charge in [0, 0.05) is 67.6 Å². The summed E-state index contributed by atoms with van der Waals surface area (Å²) in [7, 11) is 5.55. The van der Waals surface area contributed by atoms with Crippen LogP contribution >= 0.6 is 0 Å². The van der Waals surface area contributed by atoms with E-state index in [1.54, 1.807) is 14.2 Å². The summed E-state index contributed by atoms with van der Waals surface area (Å²) in [6, 6.07) is 6.07. The molecule has 1 fully saturated rings. The summed E-state index contributed by atoms with van der Waals surface area (Å²) in [5.74, 6) is 3.14. The first-order chi connectivity index (χ1) is 13.7. The van der Waals surface area contributed by atoms with Gasteiger partial charge in [0.2, 0.25) is 0 Å². The summed E-state index contributed by atoms with van der Waals surface area (Å²) in [5.41, 5.74) is 3.73. The molecule has 0 radical (unpaired) electrons. The number of nitrogens with zero attached hydrogens (tertiary/aromatic N) is 4. The summed E-state index contributed by atoms with van der Waals surface area (Å²) in [6.07, 6.45) is 5.42. The third kappa shape index (κ3) is 4.13. The van der Waals surface area contributed by atoms with E-state index in [0.29, 0.717) is 5.92 Å². The highest BCUT2D eigenvalue weighted by Gasteiger charge is 2.26. The molecule has 1 saturated heterocycles. The number of fused-ring (bicyclic) bond motifs is 1. The second-order valence-corrected chi connectivity index (χ2v) is 7.94. The van der Waals surface area contributed by atoms with Crippen molar-refractivity contribution in [1.29, 1.82) is 0 Å². The summed E-state index contributed by atoms with van der Waals surface area (Å²) in [5, 5.41) is 0. The molecule has 0 spiro atoms. The molecule has 6 nitrogen and oxygen atoms in total. The van der Waals surface area contributed by atoms with Crippen molar-refractivity contribution in [3.63, 3.8) is 0 Å². The van der Waals surface area contributed by atoms with Gasteiger partial charge in [0.25, 0.3) is 0 Å². The molecular weight excluding hydrogens is 352 g/mol. The first-order valence-electron chi connectivity index (χ1n) is 10.1. The Kier molecular flexibility index (Phi) is 5.78. The minimum absolute atomic E-state index is 0.406. The van der Waals surface area contributed by atoms with Gasteiger partial charge in [-0.3, -0.25) is 4.90 Å². The molecule has 2 aromatic rings. The Bertz CT molecular complexity index is 826. The molecular formula is C22H30N4O2. The van der Waals surface area contributed by atoms with Gasteiger partial charge in [-0.1, -0.05) is 6.07 Å². The standard InChI is InChI=1S/C22H30N4O2/c1-25-10-8-20-18(13-25)12-23-22(24-20)17-5-4-9-26(15-17)14-16-6-7-19(27-2)11-21(16)28-3/h6-7,11-12,17H,4-5,8-10,13-15H2,1-3H3. The molecule has 1 atom stereocenters. The summed E-state index contributed by atoms with van der Waals surface area (Å²) in [6.45, 7) is 5.01. The Morgan fingerprint density at radius 2 is 2.07 bits per heavy atom. The number of piperidine rings is 1. The van der Waals surface area contributed by atoms with E-state index in [1.807, 2.05) is 12.1 Å². The fourth-order valence-corrected chi connectivity index (χ4v) is 4.30. The lowest BCUT2D eigenvalue weighted by molar-refractivity contribution is 0.194. The number of rotatable bonds is 5. The lowest BCUT2D eigenvalue weighted by atomic mass is 9.96. The van der Waals surface area contributed by atoms with E-state index in [4.69, 9.17) is 19.4 Å². The SMILES string of the molecule is COc1ccc(CN2CCCC(c3ncc4c(n3)CCN(C)C4)C2)c(OC)c1. The monoisotopic (exact) mass is 382 g/mol. The van der Waals surface area contributed by atoms with Crippen LogP contribution < -0.4 is 9.47 Å². The van der Waals surface area contributed by atoms with Crippen molar-refractivity contribution in [1.82, 2.24) is 19.8 Å². The van der Waals surface area contributed by atoms with E-state index in [2.05, 4.69) is 29.1 Å². The molecule has 2 aliphatic heterocycles. The van der Waals surface area contributed by atoms with Gasteiger partial charge in [0.05, 0.1) is 14.2 Å². The highest BCUT2D eigenvalue weighted by atomic mass is 16.5. The number of benzene rings is 1. The molecule has 3 heterocycles. The lowest BCUT2D eigenvalue weighted by Gasteiger charge is -2.33. The highest BCUT2D eigenvalue weighted by molar-refractivity contribution is 5.40. The summed E-state index contributed by atoms with van der Waals surface area (Å²) < 4.78 is 10.9. The number of likely N-dealkylation sites (tertiary alicyclic amines) is 1. The van der Waals surface area contributed by atoms with Crippen LogP contribution in [0, 0.1) is 0 Å². The predicted octanol–water partition coefficient (Wildman–Crippen LogP) is 2.86. The van der Waals surface area contributed by atoms with Gasteiger partial charge in [-0.25, -0.2) is 9.97 Å². The molecule has 1 aromatic heterocycles. The van der Waals surface area contributed by atoms with Gasteiger partial charge < -0.3 is 14.4 Å². The zero-order valence-corrected chi connectivity index (χ0v) is 17.1. The van der Waals surface area contributed by atoms with Crippen LogP contribution in [0.25, 0.3) is 0 Å². The van der Waals surface area contributed by atoms with Crippen molar-refractivity contribution < 1.29 is 9.47 Å². The Balaban J connectivity index is 1.46. The quantitative estimate of drug-likeness (QED) is 0.793. The Morgan fingerprint density at radius 3 is 2.89 bits per heavy atom. The average Bonchev–Trinajstić information content (AvgIpc) is 2.74. The smallest absolute Gasteiger partial charge is 0.132 e. The van der Waals surface area contributed by atoms with Crippen LogP contribution in [0.2, 0.25) is 0 Å². The van der Waals surface area contributed by atoms with Crippen molar-refractivity contribution in [2.75, 3.05) is 40.9 Å². The molecule has 0 N–H and O–H groups in total. The van der Waals surface area contributed by atoms with E-state index in [1.165, 1.54) is 23.2 Å². The molecule has 28 heavy (non-hydrogen) atoms. The normalized spacial score (nSPS) is 20.6. The third-order valence-electron chi connectivity index (χ3n) is 5.90. The van der Waals surface area contributed by atoms with Crippen molar-refractivity contribution in [2.45, 2.75) is 38.3 Å². The molecule has 4 rings (SSSR count). The molecule has 0 aliphatic carbocycles. The largest absolute Gasteiger partial charge is 0.497 e. The zero-order valence-electron chi connectivity index (χ0n) is 17.1. The van der Waals surface area contributed by atoms with Crippen LogP contribution in [0.3, 0.4) is 0 Å². The van der Waals surface area contributed by atoms with Gasteiger partial charge in [-0.05, 0) is 32.5 Å². The summed E-state index contributed by atoms with van der Waals surface area (Å²) in [4.78, 5) is 14.5. The maximum Gasteiger partial charge on any atom is 0.132 e. The molecule has 1 unspecified atom stereocenters. The first kappa shape index (κ1) is 19.2. The maximum atomic E-state index is 5.58. The van der Waals surface area contributed by atoms with E-state index in [0.717, 1.165) is 62.9 Å². The van der Waals surface area contributed by atoms with Crippen LogP contribution in [0.15, 0.2) is 24.4 Å². The van der Waals surface area contributed by atoms with E-state index in [-0.39, 0.29) is 0 Å². The Labute approximate surface area is 167 Å². The second kappa shape index (κ2) is 8.45. The minimum Gasteiger partial charge on any atom is -0.497 e. The summed E-state index contributed by atoms with van der Waals surface area (Å²) >= 11 is 0. The molecule has 2 aliphatic rings. The molecule has 6 heteroatoms. The van der Waals surface area contributed by atoms with Gasteiger partial charge in [-0.15, -0.1) is 0 Å². The van der Waals surface area contributed by atoms with Crippen LogP contribution in [-0.4, -0.2) is 60.7 Å². The number of aromatic nitrogens is 2. The van der Waals surface area contributed by atoms with Gasteiger partial charge in [-0.2, -0.15) is 0 Å². The molecule has 150 valence electrons. The molecule has 0 amide bonds. The molecule has 0 bridgehead atoms. The highest BCUT2D eigenvalue weighted by Crippen LogP contribution is 2.30. The van der Waals surface area contributed by atoms with Crippen molar-refractivity contribution >= 4 is 0 Å². The fourth-order valence-electron chi connectivity index (χ4n) is 4.30. The lowest BCUT2D eigenvalue weighted by Crippen LogP contribution is -2.35. The van der Waals surface area contributed by atoms with Gasteiger partial charge in [0.1, 0.15) is 17.3 Å². The predicted molar refractivity (Wildman–Crippen MR) is 109 cm³/mol. The molecule has 0 saturated carbocycles. The fraction of sp³-hybridized carbons (Fsp3) is 0.545. The van der Waals surface area contributed by atoms with E-state index < -0.39 is 0 Å². The maximum absolute atomic E-state index is 5.58. The van der Waals surface area contributed by atoms with E-state index in [9.17, 15) is 0 Å².